The topological polar surface area (TPSA) is 131 Å². The van der Waals surface area contributed by atoms with Gasteiger partial charge in [-0.05, 0) is 76.3 Å². The fourth-order valence-electron chi connectivity index (χ4n) is 4.04. The van der Waals surface area contributed by atoms with Crippen LogP contribution in [0, 0.1) is 20.8 Å². The summed E-state index contributed by atoms with van der Waals surface area (Å²) in [4.78, 5) is 52.8. The number of aryl methyl sites for hydroxylation is 3. The molecule has 0 radical (unpaired) electrons. The number of hydrogen-bond acceptors (Lipinski definition) is 5. The van der Waals surface area contributed by atoms with Gasteiger partial charge in [0, 0.05) is 19.2 Å². The largest absolute Gasteiger partial charge is 0.444 e. The lowest BCUT2D eigenvalue weighted by Gasteiger charge is -2.33. The number of hydrogen-bond donors (Lipinski definition) is 3. The van der Waals surface area contributed by atoms with Crippen LogP contribution in [0.3, 0.4) is 0 Å². The number of rotatable bonds is 9. The van der Waals surface area contributed by atoms with Gasteiger partial charge in [-0.1, -0.05) is 36.4 Å². The van der Waals surface area contributed by atoms with Crippen LogP contribution < -0.4 is 16.4 Å². The minimum absolute atomic E-state index is 0.0450. The highest BCUT2D eigenvalue weighted by Crippen LogP contribution is 2.29. The van der Waals surface area contributed by atoms with Crippen LogP contribution in [0.4, 0.5) is 10.5 Å². The van der Waals surface area contributed by atoms with E-state index < -0.39 is 41.5 Å². The Hall–Kier alpha value is -3.88. The van der Waals surface area contributed by atoms with Crippen molar-refractivity contribution >= 4 is 29.5 Å². The van der Waals surface area contributed by atoms with E-state index in [4.69, 9.17) is 10.5 Å². The number of anilines is 1. The molecular weight excluding hydrogens is 472 g/mol. The molecule has 0 saturated heterocycles. The standard InChI is InChI=1S/C28H38N4O5/c1-17-11-8-9-14-20(17)30-25(34)24(23-18(2)12-10-13-19(23)3)32(7)26(35)21(15-16-22(29)33)31-27(36)37-28(4,5)6/h8-14,21,24H,15-16H2,1-7H3,(H2,29,33)(H,30,34)(H,31,36). The van der Waals surface area contributed by atoms with Gasteiger partial charge in [0.25, 0.3) is 5.91 Å². The van der Waals surface area contributed by atoms with Crippen LogP contribution >= 0.6 is 0 Å². The Kier molecular flexibility index (Phi) is 9.82. The number of alkyl carbamates (subject to hydrolysis) is 1. The molecule has 4 amide bonds. The van der Waals surface area contributed by atoms with E-state index in [9.17, 15) is 19.2 Å². The number of ether oxygens (including phenoxy) is 1. The molecule has 2 aromatic rings. The van der Waals surface area contributed by atoms with Crippen molar-refractivity contribution in [2.75, 3.05) is 12.4 Å². The van der Waals surface area contributed by atoms with Crippen molar-refractivity contribution in [2.45, 2.75) is 72.1 Å². The van der Waals surface area contributed by atoms with Crippen molar-refractivity contribution in [3.8, 4) is 0 Å². The molecule has 200 valence electrons. The van der Waals surface area contributed by atoms with Gasteiger partial charge in [0.1, 0.15) is 17.7 Å². The lowest BCUT2D eigenvalue weighted by molar-refractivity contribution is -0.139. The van der Waals surface area contributed by atoms with Crippen molar-refractivity contribution in [3.63, 3.8) is 0 Å². The van der Waals surface area contributed by atoms with E-state index in [1.807, 2.05) is 57.2 Å². The molecule has 2 aromatic carbocycles. The van der Waals surface area contributed by atoms with Crippen molar-refractivity contribution in [3.05, 3.63) is 64.7 Å². The normalized spacial score (nSPS) is 12.7. The molecule has 9 nitrogen and oxygen atoms in total. The summed E-state index contributed by atoms with van der Waals surface area (Å²) in [7, 11) is 1.50. The summed E-state index contributed by atoms with van der Waals surface area (Å²) in [5, 5.41) is 5.49. The number of amides is 4. The number of primary amides is 1. The second-order valence-corrected chi connectivity index (χ2v) is 10.2. The molecule has 0 aliphatic rings. The minimum atomic E-state index is -1.13. The molecular formula is C28H38N4O5. The number of carbonyl (C=O) groups excluding carboxylic acids is 4. The highest BCUT2D eigenvalue weighted by molar-refractivity contribution is 5.99. The Balaban J connectivity index is 2.47. The van der Waals surface area contributed by atoms with Crippen LogP contribution in [0.1, 0.15) is 61.9 Å². The third kappa shape index (κ3) is 8.34. The molecule has 0 aliphatic carbocycles. The van der Waals surface area contributed by atoms with Crippen LogP contribution in [0.25, 0.3) is 0 Å². The molecule has 0 saturated carbocycles. The van der Waals surface area contributed by atoms with Gasteiger partial charge in [0.2, 0.25) is 11.8 Å². The average Bonchev–Trinajstić information content (AvgIpc) is 2.78. The van der Waals surface area contributed by atoms with Crippen LogP contribution in [-0.2, 0) is 19.1 Å². The number of carbonyl (C=O) groups is 4. The van der Waals surface area contributed by atoms with E-state index in [1.54, 1.807) is 26.8 Å². The average molecular weight is 511 g/mol. The van der Waals surface area contributed by atoms with E-state index in [-0.39, 0.29) is 12.8 Å². The number of nitrogens with one attached hydrogen (secondary N) is 2. The summed E-state index contributed by atoms with van der Waals surface area (Å²) in [5.41, 5.74) is 8.36. The Labute approximate surface area is 218 Å². The van der Waals surface area contributed by atoms with Gasteiger partial charge >= 0.3 is 6.09 Å². The van der Waals surface area contributed by atoms with Gasteiger partial charge in [0.05, 0.1) is 0 Å². The lowest BCUT2D eigenvalue weighted by Crippen LogP contribution is -2.51. The monoisotopic (exact) mass is 510 g/mol. The van der Waals surface area contributed by atoms with Crippen molar-refractivity contribution in [1.82, 2.24) is 10.2 Å². The smallest absolute Gasteiger partial charge is 0.408 e. The fourth-order valence-corrected chi connectivity index (χ4v) is 4.04. The Morgan fingerprint density at radius 3 is 2.05 bits per heavy atom. The van der Waals surface area contributed by atoms with Crippen LogP contribution in [0.2, 0.25) is 0 Å². The van der Waals surface area contributed by atoms with Crippen LogP contribution in [0.5, 0.6) is 0 Å². The summed E-state index contributed by atoms with van der Waals surface area (Å²) < 4.78 is 5.31. The van der Waals surface area contributed by atoms with Gasteiger partial charge in [0.15, 0.2) is 0 Å². The molecule has 9 heteroatoms. The minimum Gasteiger partial charge on any atom is -0.444 e. The number of nitrogens with zero attached hydrogens (tertiary/aromatic N) is 1. The first kappa shape index (κ1) is 29.4. The predicted molar refractivity (Wildman–Crippen MR) is 143 cm³/mol. The number of nitrogens with two attached hydrogens (primary N) is 1. The molecule has 4 N–H and O–H groups in total. The van der Waals surface area contributed by atoms with E-state index in [0.717, 1.165) is 16.7 Å². The summed E-state index contributed by atoms with van der Waals surface area (Å²) in [5.74, 6) is -1.58. The van der Waals surface area contributed by atoms with Gasteiger partial charge in [-0.2, -0.15) is 0 Å². The van der Waals surface area contributed by atoms with Crippen LogP contribution in [0.15, 0.2) is 42.5 Å². The lowest BCUT2D eigenvalue weighted by atomic mass is 9.93. The summed E-state index contributed by atoms with van der Waals surface area (Å²) >= 11 is 0. The third-order valence-corrected chi connectivity index (χ3v) is 5.87. The first-order valence-corrected chi connectivity index (χ1v) is 12.2. The molecule has 0 aliphatic heterocycles. The first-order chi connectivity index (χ1) is 17.2. The van der Waals surface area contributed by atoms with Gasteiger partial charge in [-0.3, -0.25) is 14.4 Å². The fraction of sp³-hybridized carbons (Fsp3) is 0.429. The maximum Gasteiger partial charge on any atom is 0.408 e. The SMILES string of the molecule is Cc1ccccc1NC(=O)C(c1c(C)cccc1C)N(C)C(=O)C(CCC(N)=O)NC(=O)OC(C)(C)C. The zero-order valence-electron chi connectivity index (χ0n) is 22.7. The summed E-state index contributed by atoms with van der Waals surface area (Å²) in [6, 6.07) is 10.8. The Morgan fingerprint density at radius 1 is 0.946 bits per heavy atom. The molecule has 37 heavy (non-hydrogen) atoms. The van der Waals surface area contributed by atoms with Gasteiger partial charge < -0.3 is 26.0 Å². The highest BCUT2D eigenvalue weighted by Gasteiger charge is 2.35. The third-order valence-electron chi connectivity index (χ3n) is 5.87. The number of benzene rings is 2. The van der Waals surface area contributed by atoms with E-state index in [2.05, 4.69) is 10.6 Å². The Morgan fingerprint density at radius 2 is 1.51 bits per heavy atom. The summed E-state index contributed by atoms with van der Waals surface area (Å²) in [6.07, 6.45) is -0.989. The van der Waals surface area contributed by atoms with E-state index in [0.29, 0.717) is 11.3 Å². The number of para-hydroxylation sites is 1. The molecule has 2 unspecified atom stereocenters. The predicted octanol–water partition coefficient (Wildman–Crippen LogP) is 3.91. The quantitative estimate of drug-likeness (QED) is 0.471. The summed E-state index contributed by atoms with van der Waals surface area (Å²) in [6.45, 7) is 10.7. The second-order valence-electron chi connectivity index (χ2n) is 10.2. The zero-order chi connectivity index (χ0) is 27.9. The van der Waals surface area contributed by atoms with Crippen molar-refractivity contribution < 1.29 is 23.9 Å². The molecule has 2 rings (SSSR count). The maximum atomic E-state index is 13.7. The second kappa shape index (κ2) is 12.4. The van der Waals surface area contributed by atoms with Crippen molar-refractivity contribution in [2.24, 2.45) is 5.73 Å². The maximum absolute atomic E-state index is 13.7. The highest BCUT2D eigenvalue weighted by atomic mass is 16.6. The zero-order valence-corrected chi connectivity index (χ0v) is 22.7. The van der Waals surface area contributed by atoms with Gasteiger partial charge in [-0.25, -0.2) is 4.79 Å². The molecule has 2 atom stereocenters. The first-order valence-electron chi connectivity index (χ1n) is 12.2. The van der Waals surface area contributed by atoms with E-state index in [1.165, 1.54) is 11.9 Å². The number of likely N-dealkylation sites (N-methyl/N-ethyl adjacent to an activating group) is 1. The molecule has 0 fully saturated rings. The van der Waals surface area contributed by atoms with E-state index >= 15 is 0 Å². The molecule has 0 bridgehead atoms. The molecule has 0 spiro atoms. The Bertz CT molecular complexity index is 1140. The van der Waals surface area contributed by atoms with Gasteiger partial charge in [-0.15, -0.1) is 0 Å². The van der Waals surface area contributed by atoms with Crippen molar-refractivity contribution in [1.29, 1.82) is 0 Å². The molecule has 0 aromatic heterocycles. The van der Waals surface area contributed by atoms with Crippen LogP contribution in [-0.4, -0.2) is 47.4 Å². The molecule has 0 heterocycles.